The van der Waals surface area contributed by atoms with Gasteiger partial charge >= 0.3 is 5.97 Å². The standard InChI is InChI=1S/C31H37F2N3O4/c1-4-39-26-13-20(12-22(21-5-6-21)28(26)23-11-19(2)24(32)14-25(23)33)16-35-17-31(18-35)15-27(34-40-31)36-9-7-30(3,8-10-36)29(37)38/h11-14,21H,4-10,15-18H2,1-3H3,(H,37,38). The fraction of sp³-hybridized carbons (Fsp3) is 0.548. The zero-order valence-electron chi connectivity index (χ0n) is 23.4. The van der Waals surface area contributed by atoms with Crippen LogP contribution in [-0.2, 0) is 16.2 Å². The molecule has 3 aliphatic heterocycles. The largest absolute Gasteiger partial charge is 0.493 e. The van der Waals surface area contributed by atoms with Crippen molar-refractivity contribution in [3.8, 4) is 16.9 Å². The minimum atomic E-state index is -0.730. The molecule has 2 aromatic carbocycles. The number of benzene rings is 2. The van der Waals surface area contributed by atoms with Crippen LogP contribution in [0.25, 0.3) is 11.1 Å². The lowest BCUT2D eigenvalue weighted by Crippen LogP contribution is -2.61. The van der Waals surface area contributed by atoms with E-state index in [4.69, 9.17) is 9.57 Å². The number of aliphatic carboxylic acids is 1. The van der Waals surface area contributed by atoms with E-state index < -0.39 is 23.0 Å². The summed E-state index contributed by atoms with van der Waals surface area (Å²) in [4.78, 5) is 22.0. The molecule has 2 aromatic rings. The minimum Gasteiger partial charge on any atom is -0.493 e. The first-order valence-electron chi connectivity index (χ1n) is 14.3. The summed E-state index contributed by atoms with van der Waals surface area (Å²) in [5.74, 6) is 0.0649. The van der Waals surface area contributed by atoms with E-state index in [0.29, 0.717) is 61.9 Å². The molecule has 4 aliphatic rings. The first-order valence-corrected chi connectivity index (χ1v) is 14.3. The Kier molecular flexibility index (Phi) is 6.76. The van der Waals surface area contributed by atoms with Gasteiger partial charge in [0.1, 0.15) is 23.2 Å². The summed E-state index contributed by atoms with van der Waals surface area (Å²) in [5.41, 5.74) is 2.72. The first kappa shape index (κ1) is 27.0. The second-order valence-electron chi connectivity index (χ2n) is 12.3. The predicted molar refractivity (Wildman–Crippen MR) is 147 cm³/mol. The van der Waals surface area contributed by atoms with E-state index in [2.05, 4.69) is 21.0 Å². The number of nitrogens with zero attached hydrogens (tertiary/aromatic N) is 3. The Balaban J connectivity index is 1.15. The zero-order chi connectivity index (χ0) is 28.2. The predicted octanol–water partition coefficient (Wildman–Crippen LogP) is 5.69. The molecule has 0 unspecified atom stereocenters. The highest BCUT2D eigenvalue weighted by atomic mass is 19.1. The molecular weight excluding hydrogens is 516 g/mol. The van der Waals surface area contributed by atoms with Gasteiger partial charge in [-0.15, -0.1) is 0 Å². The van der Waals surface area contributed by atoms with Crippen LogP contribution in [0, 0.1) is 24.0 Å². The van der Waals surface area contributed by atoms with Crippen molar-refractivity contribution in [2.45, 2.75) is 70.9 Å². The number of carboxylic acid groups (broad SMARTS) is 1. The van der Waals surface area contributed by atoms with E-state index in [1.165, 1.54) is 0 Å². The maximum Gasteiger partial charge on any atom is 0.309 e. The molecule has 2 saturated heterocycles. The van der Waals surface area contributed by atoms with E-state index in [1.54, 1.807) is 13.0 Å². The monoisotopic (exact) mass is 553 g/mol. The molecule has 214 valence electrons. The normalized spacial score (nSPS) is 21.6. The Hall–Kier alpha value is -3.20. The Morgan fingerprint density at radius 1 is 1.15 bits per heavy atom. The van der Waals surface area contributed by atoms with Crippen molar-refractivity contribution >= 4 is 11.8 Å². The number of carboxylic acids is 1. The third-order valence-electron chi connectivity index (χ3n) is 9.03. The number of oxime groups is 1. The number of amidine groups is 1. The molecule has 9 heteroatoms. The summed E-state index contributed by atoms with van der Waals surface area (Å²) in [6.07, 6.45) is 4.03. The van der Waals surface area contributed by atoms with Gasteiger partial charge in [0, 0.05) is 49.9 Å². The molecule has 0 amide bonds. The Bertz CT molecular complexity index is 1360. The Morgan fingerprint density at radius 3 is 2.52 bits per heavy atom. The summed E-state index contributed by atoms with van der Waals surface area (Å²) >= 11 is 0. The van der Waals surface area contributed by atoms with Crippen LogP contribution in [0.5, 0.6) is 5.75 Å². The van der Waals surface area contributed by atoms with Gasteiger partial charge in [0.2, 0.25) is 0 Å². The summed E-state index contributed by atoms with van der Waals surface area (Å²) in [6.45, 7) is 9.40. The number of likely N-dealkylation sites (tertiary alicyclic amines) is 2. The van der Waals surface area contributed by atoms with Crippen molar-refractivity contribution in [2.24, 2.45) is 10.6 Å². The number of hydrogen-bond donors (Lipinski definition) is 1. The van der Waals surface area contributed by atoms with Crippen molar-refractivity contribution in [1.82, 2.24) is 9.80 Å². The van der Waals surface area contributed by atoms with Gasteiger partial charge in [0.05, 0.1) is 18.4 Å². The average molecular weight is 554 g/mol. The van der Waals surface area contributed by atoms with E-state index in [0.717, 1.165) is 60.9 Å². The number of aryl methyl sites for hydroxylation is 1. The first-order chi connectivity index (χ1) is 19.1. The molecule has 1 spiro atoms. The SMILES string of the molecule is CCOc1cc(CN2CC3(CC(N4CCC(C)(C(=O)O)CC4)=NO3)C2)cc(C2CC2)c1-c1cc(C)c(F)cc1F. The van der Waals surface area contributed by atoms with Crippen LogP contribution in [0.3, 0.4) is 0 Å². The maximum absolute atomic E-state index is 15.0. The zero-order valence-corrected chi connectivity index (χ0v) is 23.4. The van der Waals surface area contributed by atoms with Crippen LogP contribution in [0.1, 0.15) is 68.6 Å². The van der Waals surface area contributed by atoms with Gasteiger partial charge in [0.15, 0.2) is 5.60 Å². The van der Waals surface area contributed by atoms with Crippen LogP contribution < -0.4 is 4.74 Å². The number of hydrogen-bond acceptors (Lipinski definition) is 6. The van der Waals surface area contributed by atoms with E-state index in [-0.39, 0.29) is 5.60 Å². The molecule has 6 rings (SSSR count). The van der Waals surface area contributed by atoms with Crippen LogP contribution in [0.15, 0.2) is 29.4 Å². The van der Waals surface area contributed by atoms with Crippen LogP contribution in [-0.4, -0.2) is 65.1 Å². The third kappa shape index (κ3) is 4.93. The lowest BCUT2D eigenvalue weighted by Gasteiger charge is -2.45. The van der Waals surface area contributed by atoms with Gasteiger partial charge in [-0.05, 0) is 81.2 Å². The lowest BCUT2D eigenvalue weighted by atomic mass is 9.80. The summed E-state index contributed by atoms with van der Waals surface area (Å²) in [6, 6.07) is 6.73. The molecule has 3 fully saturated rings. The molecule has 3 heterocycles. The Morgan fingerprint density at radius 2 is 1.88 bits per heavy atom. The van der Waals surface area contributed by atoms with Crippen LogP contribution in [0.2, 0.25) is 0 Å². The molecule has 0 aromatic heterocycles. The quantitative estimate of drug-likeness (QED) is 0.475. The van der Waals surface area contributed by atoms with Crippen molar-refractivity contribution < 1.29 is 28.3 Å². The average Bonchev–Trinajstić information content (AvgIpc) is 3.65. The minimum absolute atomic E-state index is 0.334. The molecule has 1 saturated carbocycles. The van der Waals surface area contributed by atoms with Gasteiger partial charge in [-0.2, -0.15) is 0 Å². The van der Waals surface area contributed by atoms with E-state index in [9.17, 15) is 14.3 Å². The van der Waals surface area contributed by atoms with E-state index >= 15 is 4.39 Å². The molecule has 40 heavy (non-hydrogen) atoms. The lowest BCUT2D eigenvalue weighted by molar-refractivity contribution is -0.150. The molecule has 0 atom stereocenters. The summed E-state index contributed by atoms with van der Waals surface area (Å²) in [5, 5.41) is 13.9. The third-order valence-corrected chi connectivity index (χ3v) is 9.03. The molecular formula is C31H37F2N3O4. The smallest absolute Gasteiger partial charge is 0.309 e. The van der Waals surface area contributed by atoms with Crippen LogP contribution in [0.4, 0.5) is 8.78 Å². The Labute approximate surface area is 233 Å². The van der Waals surface area contributed by atoms with Gasteiger partial charge < -0.3 is 19.6 Å². The highest BCUT2D eigenvalue weighted by Gasteiger charge is 2.51. The maximum atomic E-state index is 15.0. The van der Waals surface area contributed by atoms with Crippen molar-refractivity contribution in [2.75, 3.05) is 32.8 Å². The molecule has 7 nitrogen and oxygen atoms in total. The molecule has 1 N–H and O–H groups in total. The number of carbonyl (C=O) groups is 1. The van der Waals surface area contributed by atoms with Crippen LogP contribution >= 0.6 is 0 Å². The highest BCUT2D eigenvalue weighted by molar-refractivity contribution is 5.85. The van der Waals surface area contributed by atoms with Gasteiger partial charge in [-0.3, -0.25) is 9.69 Å². The fourth-order valence-corrected chi connectivity index (χ4v) is 6.36. The van der Waals surface area contributed by atoms with Gasteiger partial charge in [-0.1, -0.05) is 11.2 Å². The molecule has 0 radical (unpaired) electrons. The van der Waals surface area contributed by atoms with Crippen molar-refractivity contribution in [3.63, 3.8) is 0 Å². The number of rotatable bonds is 7. The fourth-order valence-electron chi connectivity index (χ4n) is 6.36. The second-order valence-corrected chi connectivity index (χ2v) is 12.3. The number of halogens is 2. The summed E-state index contributed by atoms with van der Waals surface area (Å²) in [7, 11) is 0. The number of ether oxygens (including phenoxy) is 1. The molecule has 0 bridgehead atoms. The van der Waals surface area contributed by atoms with Crippen molar-refractivity contribution in [1.29, 1.82) is 0 Å². The second kappa shape index (κ2) is 10.0. The van der Waals surface area contributed by atoms with Gasteiger partial charge in [-0.25, -0.2) is 8.78 Å². The molecule has 1 aliphatic carbocycles. The highest BCUT2D eigenvalue weighted by Crippen LogP contribution is 2.49. The summed E-state index contributed by atoms with van der Waals surface area (Å²) < 4.78 is 35.1. The van der Waals surface area contributed by atoms with Gasteiger partial charge in [0.25, 0.3) is 0 Å². The topological polar surface area (TPSA) is 74.6 Å². The number of piperidine rings is 1. The van der Waals surface area contributed by atoms with Crippen molar-refractivity contribution in [3.05, 3.63) is 52.6 Å². The van der Waals surface area contributed by atoms with E-state index in [1.807, 2.05) is 19.9 Å².